The van der Waals surface area contributed by atoms with Crippen molar-refractivity contribution in [2.45, 2.75) is 19.8 Å². The molecule has 0 saturated carbocycles. The van der Waals surface area contributed by atoms with Gasteiger partial charge >= 0.3 is 0 Å². The Morgan fingerprint density at radius 2 is 1.95 bits per heavy atom. The summed E-state index contributed by atoms with van der Waals surface area (Å²) in [5.41, 5.74) is 7.63. The van der Waals surface area contributed by atoms with Gasteiger partial charge in [0, 0.05) is 24.2 Å². The average molecular weight is 261 g/mol. The van der Waals surface area contributed by atoms with Crippen molar-refractivity contribution < 1.29 is 14.4 Å². The van der Waals surface area contributed by atoms with Gasteiger partial charge in [0.05, 0.1) is 0 Å². The van der Waals surface area contributed by atoms with E-state index in [2.05, 4.69) is 5.32 Å². The molecule has 0 bridgehead atoms. The molecule has 2 rings (SSSR count). The zero-order valence-electron chi connectivity index (χ0n) is 10.6. The standard InChI is InChI=1S/C13H15N3O3/c1-8-2-3-9(14)6-10(8)15-11(17)7-16-12(18)4-5-13(16)19/h2-3,6H,4-5,7,14H2,1H3,(H,15,17). The Bertz CT molecular complexity index is 538. The van der Waals surface area contributed by atoms with Crippen LogP contribution in [0.3, 0.4) is 0 Å². The second kappa shape index (κ2) is 5.09. The van der Waals surface area contributed by atoms with Crippen molar-refractivity contribution in [2.24, 2.45) is 0 Å². The third-order valence-corrected chi connectivity index (χ3v) is 2.99. The molecule has 19 heavy (non-hydrogen) atoms. The lowest BCUT2D eigenvalue weighted by atomic mass is 10.2. The number of nitrogens with zero attached hydrogens (tertiary/aromatic N) is 1. The fourth-order valence-corrected chi connectivity index (χ4v) is 1.91. The summed E-state index contributed by atoms with van der Waals surface area (Å²) in [4.78, 5) is 35.6. The lowest BCUT2D eigenvalue weighted by molar-refractivity contribution is -0.141. The van der Waals surface area contributed by atoms with Gasteiger partial charge in [-0.2, -0.15) is 0 Å². The molecule has 0 atom stereocenters. The topological polar surface area (TPSA) is 92.5 Å². The monoisotopic (exact) mass is 261 g/mol. The molecule has 1 aromatic carbocycles. The van der Waals surface area contributed by atoms with E-state index in [1.165, 1.54) is 0 Å². The quantitative estimate of drug-likeness (QED) is 0.617. The molecule has 3 N–H and O–H groups in total. The molecule has 1 aliphatic rings. The molecule has 0 radical (unpaired) electrons. The number of nitrogens with two attached hydrogens (primary N) is 1. The van der Waals surface area contributed by atoms with Gasteiger partial charge in [-0.15, -0.1) is 0 Å². The van der Waals surface area contributed by atoms with E-state index in [0.29, 0.717) is 11.4 Å². The lowest BCUT2D eigenvalue weighted by Crippen LogP contribution is -2.37. The first-order valence-corrected chi connectivity index (χ1v) is 5.96. The molecule has 1 aliphatic heterocycles. The number of rotatable bonds is 3. The Morgan fingerprint density at radius 3 is 2.58 bits per heavy atom. The number of carbonyl (C=O) groups excluding carboxylic acids is 3. The van der Waals surface area contributed by atoms with Gasteiger partial charge < -0.3 is 11.1 Å². The first-order chi connectivity index (χ1) is 8.97. The van der Waals surface area contributed by atoms with Crippen LogP contribution >= 0.6 is 0 Å². The summed E-state index contributed by atoms with van der Waals surface area (Å²) < 4.78 is 0. The van der Waals surface area contributed by atoms with E-state index in [4.69, 9.17) is 5.73 Å². The van der Waals surface area contributed by atoms with E-state index in [1.807, 2.05) is 6.92 Å². The third kappa shape index (κ3) is 2.90. The van der Waals surface area contributed by atoms with Gasteiger partial charge in [0.15, 0.2) is 0 Å². The van der Waals surface area contributed by atoms with Crippen LogP contribution in [0.25, 0.3) is 0 Å². The smallest absolute Gasteiger partial charge is 0.244 e. The van der Waals surface area contributed by atoms with Crippen LogP contribution in [0.1, 0.15) is 18.4 Å². The van der Waals surface area contributed by atoms with Crippen LogP contribution in [0.4, 0.5) is 11.4 Å². The van der Waals surface area contributed by atoms with Crippen LogP contribution in [0, 0.1) is 6.92 Å². The highest BCUT2D eigenvalue weighted by Gasteiger charge is 2.30. The highest BCUT2D eigenvalue weighted by atomic mass is 16.2. The number of nitrogen functional groups attached to an aromatic ring is 1. The summed E-state index contributed by atoms with van der Waals surface area (Å²) >= 11 is 0. The van der Waals surface area contributed by atoms with Gasteiger partial charge in [0.1, 0.15) is 6.54 Å². The lowest BCUT2D eigenvalue weighted by Gasteiger charge is -2.14. The zero-order valence-corrected chi connectivity index (χ0v) is 10.6. The molecule has 1 fully saturated rings. The molecule has 6 nitrogen and oxygen atoms in total. The number of anilines is 2. The first kappa shape index (κ1) is 13.1. The van der Waals surface area contributed by atoms with Gasteiger partial charge in [0.2, 0.25) is 17.7 Å². The molecule has 0 aliphatic carbocycles. The second-order valence-electron chi connectivity index (χ2n) is 4.50. The molecule has 0 unspecified atom stereocenters. The minimum atomic E-state index is -0.405. The average Bonchev–Trinajstić information content (AvgIpc) is 2.65. The Hall–Kier alpha value is -2.37. The summed E-state index contributed by atoms with van der Waals surface area (Å²) in [5, 5.41) is 2.65. The van der Waals surface area contributed by atoms with Crippen molar-refractivity contribution in [1.29, 1.82) is 0 Å². The fraction of sp³-hybridized carbons (Fsp3) is 0.308. The van der Waals surface area contributed by atoms with Gasteiger partial charge in [-0.25, -0.2) is 0 Å². The number of nitrogens with one attached hydrogen (secondary N) is 1. The molecule has 1 heterocycles. The maximum absolute atomic E-state index is 11.8. The summed E-state index contributed by atoms with van der Waals surface area (Å²) in [6, 6.07) is 5.16. The molecule has 6 heteroatoms. The van der Waals surface area contributed by atoms with Gasteiger partial charge in [0.25, 0.3) is 0 Å². The Morgan fingerprint density at radius 1 is 1.32 bits per heavy atom. The molecule has 100 valence electrons. The zero-order chi connectivity index (χ0) is 14.0. The number of hydrogen-bond donors (Lipinski definition) is 2. The van der Waals surface area contributed by atoms with Crippen LogP contribution in [-0.4, -0.2) is 29.2 Å². The van der Waals surface area contributed by atoms with E-state index in [0.717, 1.165) is 10.5 Å². The van der Waals surface area contributed by atoms with Crippen molar-refractivity contribution in [1.82, 2.24) is 4.90 Å². The first-order valence-electron chi connectivity index (χ1n) is 5.96. The number of carbonyl (C=O) groups is 3. The Kier molecular flexibility index (Phi) is 3.50. The summed E-state index contributed by atoms with van der Waals surface area (Å²) in [6.07, 6.45) is 0.368. The van der Waals surface area contributed by atoms with E-state index in [1.54, 1.807) is 18.2 Å². The predicted molar refractivity (Wildman–Crippen MR) is 70.2 cm³/mol. The summed E-state index contributed by atoms with van der Waals surface area (Å²) in [6.45, 7) is 1.59. The molecular formula is C13H15N3O3. The second-order valence-corrected chi connectivity index (χ2v) is 4.50. The molecule has 1 saturated heterocycles. The molecular weight excluding hydrogens is 246 g/mol. The number of imide groups is 1. The number of likely N-dealkylation sites (tertiary alicyclic amines) is 1. The van der Waals surface area contributed by atoms with Gasteiger partial charge in [-0.3, -0.25) is 19.3 Å². The SMILES string of the molecule is Cc1ccc(N)cc1NC(=O)CN1C(=O)CCC1=O. The van der Waals surface area contributed by atoms with Crippen LogP contribution in [0.2, 0.25) is 0 Å². The van der Waals surface area contributed by atoms with Crippen molar-refractivity contribution in [3.8, 4) is 0 Å². The number of benzene rings is 1. The van der Waals surface area contributed by atoms with Crippen molar-refractivity contribution in [2.75, 3.05) is 17.6 Å². The van der Waals surface area contributed by atoms with E-state index < -0.39 is 5.91 Å². The number of hydrogen-bond acceptors (Lipinski definition) is 4. The van der Waals surface area contributed by atoms with Gasteiger partial charge in [-0.1, -0.05) is 6.07 Å². The van der Waals surface area contributed by atoms with Crippen molar-refractivity contribution >= 4 is 29.1 Å². The molecule has 0 spiro atoms. The maximum Gasteiger partial charge on any atom is 0.244 e. The predicted octanol–water partition coefficient (Wildman–Crippen LogP) is 0.665. The number of amides is 3. The van der Waals surface area contributed by atoms with Crippen LogP contribution in [0.15, 0.2) is 18.2 Å². The molecule has 0 aromatic heterocycles. The highest BCUT2D eigenvalue weighted by Crippen LogP contribution is 2.18. The van der Waals surface area contributed by atoms with Crippen molar-refractivity contribution in [3.63, 3.8) is 0 Å². The highest BCUT2D eigenvalue weighted by molar-refractivity contribution is 6.06. The van der Waals surface area contributed by atoms with E-state index in [-0.39, 0.29) is 31.2 Å². The van der Waals surface area contributed by atoms with Crippen molar-refractivity contribution in [3.05, 3.63) is 23.8 Å². The Balaban J connectivity index is 2.03. The summed E-state index contributed by atoms with van der Waals surface area (Å²) in [7, 11) is 0. The normalized spacial score (nSPS) is 14.9. The van der Waals surface area contributed by atoms with E-state index in [9.17, 15) is 14.4 Å². The largest absolute Gasteiger partial charge is 0.399 e. The number of aryl methyl sites for hydroxylation is 1. The third-order valence-electron chi connectivity index (χ3n) is 2.99. The van der Waals surface area contributed by atoms with Crippen LogP contribution in [0.5, 0.6) is 0 Å². The molecule has 1 aromatic rings. The van der Waals surface area contributed by atoms with Crippen LogP contribution < -0.4 is 11.1 Å². The van der Waals surface area contributed by atoms with E-state index >= 15 is 0 Å². The Labute approximate surface area is 110 Å². The van der Waals surface area contributed by atoms with Gasteiger partial charge in [-0.05, 0) is 24.6 Å². The minimum absolute atomic E-state index is 0.184. The van der Waals surface area contributed by atoms with Crippen LogP contribution in [-0.2, 0) is 14.4 Å². The maximum atomic E-state index is 11.8. The minimum Gasteiger partial charge on any atom is -0.399 e. The fourth-order valence-electron chi connectivity index (χ4n) is 1.91. The summed E-state index contributed by atoms with van der Waals surface area (Å²) in [5.74, 6) is -1.01. The molecule has 3 amide bonds.